The van der Waals surface area contributed by atoms with Gasteiger partial charge >= 0.3 is 0 Å². The van der Waals surface area contributed by atoms with Crippen LogP contribution in [0.1, 0.15) is 36.3 Å². The molecular formula is C20H31N3O2. The van der Waals surface area contributed by atoms with Crippen molar-refractivity contribution in [1.29, 1.82) is 0 Å². The van der Waals surface area contributed by atoms with Gasteiger partial charge in [-0.2, -0.15) is 0 Å². The maximum atomic E-state index is 11.1. The lowest BCUT2D eigenvalue weighted by Gasteiger charge is -2.21. The van der Waals surface area contributed by atoms with Gasteiger partial charge in [-0.1, -0.05) is 12.1 Å². The highest BCUT2D eigenvalue weighted by molar-refractivity contribution is 5.52. The van der Waals surface area contributed by atoms with Gasteiger partial charge in [0.1, 0.15) is 12.0 Å². The molecule has 5 heteroatoms. The summed E-state index contributed by atoms with van der Waals surface area (Å²) < 4.78 is 5.62. The summed E-state index contributed by atoms with van der Waals surface area (Å²) in [6.45, 7) is 5.47. The summed E-state index contributed by atoms with van der Waals surface area (Å²) in [4.78, 5) is 13.4. The lowest BCUT2D eigenvalue weighted by molar-refractivity contribution is -0.109. The molecule has 1 saturated heterocycles. The van der Waals surface area contributed by atoms with E-state index >= 15 is 0 Å². The van der Waals surface area contributed by atoms with E-state index < -0.39 is 0 Å². The molecule has 1 aromatic rings. The number of nitrogens with one attached hydrogen (secondary N) is 2. The van der Waals surface area contributed by atoms with E-state index in [2.05, 4.69) is 33.7 Å². The number of carbonyl (C=O) groups is 1. The molecular weight excluding hydrogens is 314 g/mol. The van der Waals surface area contributed by atoms with Crippen molar-refractivity contribution in [1.82, 2.24) is 15.5 Å². The average Bonchev–Trinajstić information content (AvgIpc) is 3.24. The second kappa shape index (κ2) is 9.32. The summed E-state index contributed by atoms with van der Waals surface area (Å²) in [6.07, 6.45) is 5.48. The van der Waals surface area contributed by atoms with Gasteiger partial charge in [0.2, 0.25) is 0 Å². The highest BCUT2D eigenvalue weighted by Gasteiger charge is 2.32. The monoisotopic (exact) mass is 345 g/mol. The zero-order chi connectivity index (χ0) is 17.5. The lowest BCUT2D eigenvalue weighted by atomic mass is 9.93. The van der Waals surface area contributed by atoms with E-state index in [1.807, 2.05) is 7.05 Å². The third-order valence-electron chi connectivity index (χ3n) is 5.46. The van der Waals surface area contributed by atoms with E-state index in [1.54, 1.807) is 0 Å². The number of hydrogen-bond donors (Lipinski definition) is 2. The van der Waals surface area contributed by atoms with Crippen LogP contribution in [-0.2, 0) is 11.2 Å². The highest BCUT2D eigenvalue weighted by Crippen LogP contribution is 2.36. The predicted molar refractivity (Wildman–Crippen MR) is 100 cm³/mol. The molecule has 0 unspecified atom stereocenters. The molecule has 2 heterocycles. The van der Waals surface area contributed by atoms with E-state index in [9.17, 15) is 4.79 Å². The Hall–Kier alpha value is -1.43. The van der Waals surface area contributed by atoms with Gasteiger partial charge in [0.15, 0.2) is 0 Å². The molecule has 0 amide bonds. The Balaban J connectivity index is 1.53. The first kappa shape index (κ1) is 18.4. The Bertz CT molecular complexity index is 564. The summed E-state index contributed by atoms with van der Waals surface area (Å²) in [6, 6.07) is 7.16. The summed E-state index contributed by atoms with van der Waals surface area (Å²) >= 11 is 0. The summed E-state index contributed by atoms with van der Waals surface area (Å²) in [5, 5.41) is 6.70. The number of benzene rings is 1. The van der Waals surface area contributed by atoms with Crippen molar-refractivity contribution in [2.24, 2.45) is 0 Å². The van der Waals surface area contributed by atoms with Gasteiger partial charge in [-0.25, -0.2) is 0 Å². The van der Waals surface area contributed by atoms with Crippen molar-refractivity contribution in [3.63, 3.8) is 0 Å². The van der Waals surface area contributed by atoms with Crippen molar-refractivity contribution in [3.8, 4) is 5.75 Å². The fraction of sp³-hybridized carbons (Fsp3) is 0.650. The number of hydrogen-bond acceptors (Lipinski definition) is 5. The SMILES string of the molecule is CNCCCNCC[C@H]1C[C@@H](c2ccc3c(c2)CCO3)CN1CC=O. The van der Waals surface area contributed by atoms with Crippen LogP contribution in [0.3, 0.4) is 0 Å². The van der Waals surface area contributed by atoms with Crippen molar-refractivity contribution < 1.29 is 9.53 Å². The van der Waals surface area contributed by atoms with Gasteiger partial charge in [-0.15, -0.1) is 0 Å². The Kier molecular flexibility index (Phi) is 6.84. The minimum atomic E-state index is 0.497. The molecule has 0 aliphatic carbocycles. The minimum absolute atomic E-state index is 0.497. The topological polar surface area (TPSA) is 53.6 Å². The van der Waals surface area contributed by atoms with Crippen LogP contribution in [0.25, 0.3) is 0 Å². The number of nitrogens with zero attached hydrogens (tertiary/aromatic N) is 1. The summed E-state index contributed by atoms with van der Waals surface area (Å²) in [5.41, 5.74) is 2.75. The van der Waals surface area contributed by atoms with E-state index in [0.717, 1.165) is 70.5 Å². The summed E-state index contributed by atoms with van der Waals surface area (Å²) in [5.74, 6) is 1.58. The van der Waals surface area contributed by atoms with Crippen molar-refractivity contribution in [3.05, 3.63) is 29.3 Å². The molecule has 138 valence electrons. The van der Waals surface area contributed by atoms with Crippen molar-refractivity contribution >= 4 is 6.29 Å². The molecule has 25 heavy (non-hydrogen) atoms. The maximum absolute atomic E-state index is 11.1. The average molecular weight is 345 g/mol. The van der Waals surface area contributed by atoms with Crippen LogP contribution >= 0.6 is 0 Å². The van der Waals surface area contributed by atoms with Gasteiger partial charge < -0.3 is 20.2 Å². The molecule has 0 aromatic heterocycles. The molecule has 0 radical (unpaired) electrons. The van der Waals surface area contributed by atoms with Gasteiger partial charge in [-0.05, 0) is 69.1 Å². The van der Waals surface area contributed by atoms with Crippen LogP contribution < -0.4 is 15.4 Å². The Morgan fingerprint density at radius 3 is 3.08 bits per heavy atom. The normalized spacial score (nSPS) is 22.8. The number of carbonyl (C=O) groups excluding carboxylic acids is 1. The molecule has 2 aliphatic heterocycles. The molecule has 0 saturated carbocycles. The Labute approximate surface area is 151 Å². The van der Waals surface area contributed by atoms with E-state index in [-0.39, 0.29) is 0 Å². The molecule has 1 fully saturated rings. The van der Waals surface area contributed by atoms with Gasteiger partial charge in [0, 0.05) is 19.0 Å². The third kappa shape index (κ3) is 4.81. The zero-order valence-corrected chi connectivity index (χ0v) is 15.3. The molecule has 2 atom stereocenters. The smallest absolute Gasteiger partial charge is 0.133 e. The van der Waals surface area contributed by atoms with E-state index in [0.29, 0.717) is 18.5 Å². The van der Waals surface area contributed by atoms with Crippen LogP contribution in [-0.4, -0.2) is 63.6 Å². The van der Waals surface area contributed by atoms with Crippen LogP contribution in [0, 0.1) is 0 Å². The number of likely N-dealkylation sites (tertiary alicyclic amines) is 1. The number of ether oxygens (including phenoxy) is 1. The minimum Gasteiger partial charge on any atom is -0.493 e. The van der Waals surface area contributed by atoms with E-state index in [4.69, 9.17) is 4.74 Å². The largest absolute Gasteiger partial charge is 0.493 e. The molecule has 0 spiro atoms. The maximum Gasteiger partial charge on any atom is 0.133 e. The number of rotatable bonds is 10. The molecule has 2 N–H and O–H groups in total. The first-order valence-corrected chi connectivity index (χ1v) is 9.60. The Morgan fingerprint density at radius 2 is 2.24 bits per heavy atom. The number of fused-ring (bicyclic) bond motifs is 1. The Morgan fingerprint density at radius 1 is 1.32 bits per heavy atom. The van der Waals surface area contributed by atoms with Crippen molar-refractivity contribution in [2.45, 2.75) is 37.6 Å². The molecule has 0 bridgehead atoms. The first-order valence-electron chi connectivity index (χ1n) is 9.60. The second-order valence-corrected chi connectivity index (χ2v) is 7.17. The van der Waals surface area contributed by atoms with Gasteiger partial charge in [0.05, 0.1) is 13.2 Å². The van der Waals surface area contributed by atoms with Crippen LogP contribution in [0.5, 0.6) is 5.75 Å². The third-order valence-corrected chi connectivity index (χ3v) is 5.46. The molecule has 3 rings (SSSR count). The fourth-order valence-corrected chi connectivity index (χ4v) is 4.09. The molecule has 1 aromatic carbocycles. The van der Waals surface area contributed by atoms with Gasteiger partial charge in [0.25, 0.3) is 0 Å². The predicted octanol–water partition coefficient (Wildman–Crippen LogP) is 1.57. The molecule has 2 aliphatic rings. The molecule has 5 nitrogen and oxygen atoms in total. The second-order valence-electron chi connectivity index (χ2n) is 7.17. The summed E-state index contributed by atoms with van der Waals surface area (Å²) in [7, 11) is 1.99. The lowest BCUT2D eigenvalue weighted by Crippen LogP contribution is -2.34. The zero-order valence-electron chi connectivity index (χ0n) is 15.3. The van der Waals surface area contributed by atoms with Crippen molar-refractivity contribution in [2.75, 3.05) is 46.4 Å². The first-order chi connectivity index (χ1) is 12.3. The highest BCUT2D eigenvalue weighted by atomic mass is 16.5. The van der Waals surface area contributed by atoms with E-state index in [1.165, 1.54) is 11.1 Å². The number of aldehydes is 1. The quantitative estimate of drug-likeness (QED) is 0.498. The van der Waals surface area contributed by atoms with Crippen LogP contribution in [0.2, 0.25) is 0 Å². The standard InChI is InChI=1S/C20H31N3O2/c1-21-7-2-8-22-9-5-19-14-18(15-23(19)10-11-24)16-3-4-20-17(13-16)6-12-25-20/h3-4,11,13,18-19,21-22H,2,5-10,12,14-15H2,1H3/t18-,19+/m1/s1. The van der Waals surface area contributed by atoms with Gasteiger partial charge in [-0.3, -0.25) is 4.90 Å². The van der Waals surface area contributed by atoms with Crippen LogP contribution in [0.15, 0.2) is 18.2 Å². The van der Waals surface area contributed by atoms with Crippen LogP contribution in [0.4, 0.5) is 0 Å². The fourth-order valence-electron chi connectivity index (χ4n) is 4.09.